The maximum absolute atomic E-state index is 12.2. The lowest BCUT2D eigenvalue weighted by Gasteiger charge is -2.28. The van der Waals surface area contributed by atoms with Crippen LogP contribution in [0.15, 0.2) is 18.2 Å². The van der Waals surface area contributed by atoms with Crippen molar-refractivity contribution in [2.24, 2.45) is 0 Å². The Hall–Kier alpha value is -1.06. The Labute approximate surface area is 131 Å². The minimum absolute atomic E-state index is 0.0759. The van der Waals surface area contributed by atoms with Crippen molar-refractivity contribution < 1.29 is 9.90 Å². The third-order valence-electron chi connectivity index (χ3n) is 4.36. The van der Waals surface area contributed by atoms with Crippen LogP contribution in [0.1, 0.15) is 43.2 Å². The summed E-state index contributed by atoms with van der Waals surface area (Å²) in [5.74, 6) is 0.0759. The van der Waals surface area contributed by atoms with Crippen LogP contribution < -0.4 is 0 Å². The average molecular weight is 310 g/mol. The summed E-state index contributed by atoms with van der Waals surface area (Å²) in [6.45, 7) is 2.41. The number of carbonyl (C=O) groups is 1. The van der Waals surface area contributed by atoms with E-state index in [9.17, 15) is 9.90 Å². The molecular formula is C17H24ClNO2. The predicted octanol–water partition coefficient (Wildman–Crippen LogP) is 3.34. The molecule has 0 atom stereocenters. The summed E-state index contributed by atoms with van der Waals surface area (Å²) in [7, 11) is 1.78. The van der Waals surface area contributed by atoms with Crippen LogP contribution in [0.5, 0.6) is 0 Å². The second kappa shape index (κ2) is 6.80. The zero-order chi connectivity index (χ0) is 15.5. The quantitative estimate of drug-likeness (QED) is 0.906. The van der Waals surface area contributed by atoms with Crippen LogP contribution >= 0.6 is 11.6 Å². The fourth-order valence-corrected chi connectivity index (χ4v) is 3.16. The van der Waals surface area contributed by atoms with Crippen molar-refractivity contribution in [2.45, 2.75) is 51.0 Å². The van der Waals surface area contributed by atoms with Crippen molar-refractivity contribution in [3.8, 4) is 0 Å². The fourth-order valence-electron chi connectivity index (χ4n) is 2.95. The highest BCUT2D eigenvalue weighted by Crippen LogP contribution is 2.30. The molecule has 4 heteroatoms. The van der Waals surface area contributed by atoms with Crippen LogP contribution in [0.25, 0.3) is 0 Å². The Balaban J connectivity index is 1.84. The zero-order valence-corrected chi connectivity index (χ0v) is 13.6. The number of rotatable bonds is 5. The Bertz CT molecular complexity index is 510. The molecule has 0 aliphatic heterocycles. The van der Waals surface area contributed by atoms with E-state index in [-0.39, 0.29) is 5.91 Å². The van der Waals surface area contributed by atoms with Gasteiger partial charge in [-0.1, -0.05) is 36.6 Å². The number of carbonyl (C=O) groups excluding carboxylic acids is 1. The van der Waals surface area contributed by atoms with Gasteiger partial charge in [-0.25, -0.2) is 0 Å². The van der Waals surface area contributed by atoms with Crippen LogP contribution in [-0.2, 0) is 11.2 Å². The first-order chi connectivity index (χ1) is 9.89. The van der Waals surface area contributed by atoms with E-state index in [1.54, 1.807) is 11.9 Å². The molecule has 2 rings (SSSR count). The van der Waals surface area contributed by atoms with Crippen molar-refractivity contribution in [1.29, 1.82) is 0 Å². The second-order valence-electron chi connectivity index (χ2n) is 6.26. The summed E-state index contributed by atoms with van der Waals surface area (Å²) in [6, 6.07) is 5.92. The number of aryl methyl sites for hydroxylation is 2. The lowest BCUT2D eigenvalue weighted by atomic mass is 10.0. The van der Waals surface area contributed by atoms with Crippen LogP contribution in [-0.4, -0.2) is 35.1 Å². The van der Waals surface area contributed by atoms with Gasteiger partial charge in [0.2, 0.25) is 5.91 Å². The smallest absolute Gasteiger partial charge is 0.222 e. The normalized spacial score (nSPS) is 17.0. The van der Waals surface area contributed by atoms with Gasteiger partial charge in [-0.2, -0.15) is 0 Å². The molecule has 0 heterocycles. The first-order valence-corrected chi connectivity index (χ1v) is 7.99. The maximum atomic E-state index is 12.2. The van der Waals surface area contributed by atoms with Gasteiger partial charge in [0.05, 0.1) is 5.60 Å². The first kappa shape index (κ1) is 16.3. The fraction of sp³-hybridized carbons (Fsp3) is 0.588. The van der Waals surface area contributed by atoms with E-state index in [4.69, 9.17) is 11.6 Å². The molecule has 1 aromatic carbocycles. The van der Waals surface area contributed by atoms with E-state index >= 15 is 0 Å². The van der Waals surface area contributed by atoms with E-state index in [1.165, 1.54) is 0 Å². The number of nitrogens with zero attached hydrogens (tertiary/aromatic N) is 1. The molecule has 1 amide bonds. The summed E-state index contributed by atoms with van der Waals surface area (Å²) in [6.07, 6.45) is 4.85. The number of hydrogen-bond donors (Lipinski definition) is 1. The molecule has 1 aliphatic carbocycles. The largest absolute Gasteiger partial charge is 0.388 e. The minimum atomic E-state index is -0.669. The van der Waals surface area contributed by atoms with E-state index in [0.717, 1.165) is 41.8 Å². The summed E-state index contributed by atoms with van der Waals surface area (Å²) in [5, 5.41) is 11.1. The van der Waals surface area contributed by atoms with Gasteiger partial charge in [0.15, 0.2) is 0 Å². The Morgan fingerprint density at radius 2 is 2.05 bits per heavy atom. The highest BCUT2D eigenvalue weighted by molar-refractivity contribution is 6.31. The summed E-state index contributed by atoms with van der Waals surface area (Å²) in [5.41, 5.74) is 1.46. The average Bonchev–Trinajstić information content (AvgIpc) is 2.86. The third-order valence-corrected chi connectivity index (χ3v) is 4.76. The number of aliphatic hydroxyl groups is 1. The number of hydrogen-bond acceptors (Lipinski definition) is 2. The molecule has 3 nitrogen and oxygen atoms in total. The van der Waals surface area contributed by atoms with Gasteiger partial charge in [-0.15, -0.1) is 0 Å². The van der Waals surface area contributed by atoms with E-state index in [0.29, 0.717) is 19.4 Å². The minimum Gasteiger partial charge on any atom is -0.388 e. The molecule has 0 bridgehead atoms. The van der Waals surface area contributed by atoms with Gasteiger partial charge >= 0.3 is 0 Å². The van der Waals surface area contributed by atoms with Crippen LogP contribution in [0, 0.1) is 6.92 Å². The lowest BCUT2D eigenvalue weighted by Crippen LogP contribution is -2.42. The van der Waals surface area contributed by atoms with Gasteiger partial charge < -0.3 is 10.0 Å². The van der Waals surface area contributed by atoms with Crippen LogP contribution in [0.4, 0.5) is 0 Å². The molecule has 116 valence electrons. The molecule has 0 spiro atoms. The molecule has 0 saturated heterocycles. The van der Waals surface area contributed by atoms with Crippen molar-refractivity contribution >= 4 is 17.5 Å². The molecule has 1 aromatic rings. The molecule has 0 unspecified atom stereocenters. The van der Waals surface area contributed by atoms with E-state index < -0.39 is 5.60 Å². The van der Waals surface area contributed by atoms with Crippen molar-refractivity contribution in [3.05, 3.63) is 34.3 Å². The van der Waals surface area contributed by atoms with Gasteiger partial charge in [0.25, 0.3) is 0 Å². The topological polar surface area (TPSA) is 40.5 Å². The summed E-state index contributed by atoms with van der Waals surface area (Å²) in [4.78, 5) is 13.8. The predicted molar refractivity (Wildman–Crippen MR) is 85.6 cm³/mol. The molecule has 1 saturated carbocycles. The monoisotopic (exact) mass is 309 g/mol. The second-order valence-corrected chi connectivity index (χ2v) is 6.67. The van der Waals surface area contributed by atoms with Crippen LogP contribution in [0.3, 0.4) is 0 Å². The molecule has 1 aliphatic rings. The lowest BCUT2D eigenvalue weighted by molar-refractivity contribution is -0.133. The number of benzene rings is 1. The standard InChI is InChI=1S/C17H24ClNO2/c1-13-5-6-14(11-15(13)18)7-8-16(20)19(2)12-17(21)9-3-4-10-17/h5-6,11,21H,3-4,7-10,12H2,1-2H3. The molecule has 21 heavy (non-hydrogen) atoms. The summed E-state index contributed by atoms with van der Waals surface area (Å²) < 4.78 is 0. The molecule has 1 fully saturated rings. The van der Waals surface area contributed by atoms with Gasteiger partial charge in [-0.3, -0.25) is 4.79 Å². The van der Waals surface area contributed by atoms with Crippen molar-refractivity contribution in [1.82, 2.24) is 4.90 Å². The van der Waals surface area contributed by atoms with Crippen molar-refractivity contribution in [3.63, 3.8) is 0 Å². The highest BCUT2D eigenvalue weighted by atomic mass is 35.5. The Morgan fingerprint density at radius 1 is 1.38 bits per heavy atom. The summed E-state index contributed by atoms with van der Waals surface area (Å²) >= 11 is 6.09. The van der Waals surface area contributed by atoms with Crippen molar-refractivity contribution in [2.75, 3.05) is 13.6 Å². The Morgan fingerprint density at radius 3 is 2.67 bits per heavy atom. The number of amides is 1. The molecule has 1 N–H and O–H groups in total. The highest BCUT2D eigenvalue weighted by Gasteiger charge is 2.33. The zero-order valence-electron chi connectivity index (χ0n) is 12.9. The number of halogens is 1. The number of likely N-dealkylation sites (N-methyl/N-ethyl adjacent to an activating group) is 1. The SMILES string of the molecule is Cc1ccc(CCC(=O)N(C)CC2(O)CCCC2)cc1Cl. The molecule has 0 aromatic heterocycles. The molecule has 0 radical (unpaired) electrons. The van der Waals surface area contributed by atoms with Gasteiger partial charge in [0.1, 0.15) is 0 Å². The maximum Gasteiger partial charge on any atom is 0.222 e. The first-order valence-electron chi connectivity index (χ1n) is 7.61. The van der Waals surface area contributed by atoms with E-state index in [1.807, 2.05) is 25.1 Å². The Kier molecular flexibility index (Phi) is 5.28. The van der Waals surface area contributed by atoms with E-state index in [2.05, 4.69) is 0 Å². The van der Waals surface area contributed by atoms with Crippen LogP contribution in [0.2, 0.25) is 5.02 Å². The van der Waals surface area contributed by atoms with Gasteiger partial charge in [0, 0.05) is 25.0 Å². The molecular weight excluding hydrogens is 286 g/mol. The third kappa shape index (κ3) is 4.45. The van der Waals surface area contributed by atoms with Gasteiger partial charge in [-0.05, 0) is 43.4 Å².